The van der Waals surface area contributed by atoms with Gasteiger partial charge in [-0.2, -0.15) is 0 Å². The lowest BCUT2D eigenvalue weighted by molar-refractivity contribution is -0.115. The molecule has 3 aromatic rings. The van der Waals surface area contributed by atoms with Crippen LogP contribution in [0.5, 0.6) is 5.75 Å². The zero-order valence-corrected chi connectivity index (χ0v) is 13.3. The number of benzene rings is 1. The molecule has 0 aliphatic rings. The van der Waals surface area contributed by atoms with Gasteiger partial charge in [-0.1, -0.05) is 0 Å². The number of aromatic hydroxyl groups is 1. The van der Waals surface area contributed by atoms with Crippen molar-refractivity contribution in [3.05, 3.63) is 63.8 Å². The van der Waals surface area contributed by atoms with E-state index >= 15 is 0 Å². The maximum Gasteiger partial charge on any atom is 0.340 e. The van der Waals surface area contributed by atoms with Crippen molar-refractivity contribution < 1.29 is 14.3 Å². The third-order valence-electron chi connectivity index (χ3n) is 3.79. The predicted molar refractivity (Wildman–Crippen MR) is 90.2 cm³/mol. The molecule has 0 saturated carbocycles. The Balaban J connectivity index is 1.98. The molecule has 3 rings (SSSR count). The number of carbonyl (C=O) groups is 1. The van der Waals surface area contributed by atoms with Gasteiger partial charge >= 0.3 is 5.63 Å². The molecule has 6 heteroatoms. The van der Waals surface area contributed by atoms with Crippen LogP contribution in [0, 0.1) is 13.8 Å². The molecule has 0 spiro atoms. The molecule has 0 aliphatic carbocycles. The lowest BCUT2D eigenvalue weighted by Crippen LogP contribution is -2.20. The van der Waals surface area contributed by atoms with Gasteiger partial charge in [0.2, 0.25) is 5.91 Å². The van der Waals surface area contributed by atoms with E-state index in [0.717, 1.165) is 5.56 Å². The Morgan fingerprint density at radius 1 is 1.33 bits per heavy atom. The molecule has 24 heavy (non-hydrogen) atoms. The lowest BCUT2D eigenvalue weighted by Gasteiger charge is -2.10. The van der Waals surface area contributed by atoms with E-state index in [-0.39, 0.29) is 23.6 Å². The summed E-state index contributed by atoms with van der Waals surface area (Å²) in [6.45, 7) is 3.49. The van der Waals surface area contributed by atoms with Crippen molar-refractivity contribution in [2.75, 3.05) is 5.32 Å². The van der Waals surface area contributed by atoms with Crippen LogP contribution in [-0.2, 0) is 11.2 Å². The first-order chi connectivity index (χ1) is 11.5. The molecule has 2 heterocycles. The Morgan fingerprint density at radius 2 is 2.12 bits per heavy atom. The lowest BCUT2D eigenvalue weighted by atomic mass is 10.0. The number of rotatable bonds is 3. The minimum Gasteiger partial charge on any atom is -0.507 e. The number of aryl methyl sites for hydroxylation is 2. The van der Waals surface area contributed by atoms with Crippen LogP contribution in [0.1, 0.15) is 16.7 Å². The highest BCUT2D eigenvalue weighted by atomic mass is 16.4. The highest BCUT2D eigenvalue weighted by Gasteiger charge is 2.17. The number of hydrogen-bond donors (Lipinski definition) is 2. The van der Waals surface area contributed by atoms with Crippen LogP contribution in [-0.4, -0.2) is 16.0 Å². The number of aromatic nitrogens is 1. The normalized spacial score (nSPS) is 10.8. The van der Waals surface area contributed by atoms with E-state index in [4.69, 9.17) is 4.42 Å². The van der Waals surface area contributed by atoms with Crippen molar-refractivity contribution in [1.82, 2.24) is 4.98 Å². The number of phenolic OH excluding ortho intramolecular Hbond substituents is 1. The number of pyridine rings is 1. The van der Waals surface area contributed by atoms with Gasteiger partial charge in [-0.25, -0.2) is 4.79 Å². The maximum absolute atomic E-state index is 12.2. The zero-order valence-electron chi connectivity index (χ0n) is 13.3. The van der Waals surface area contributed by atoms with Crippen LogP contribution in [0.25, 0.3) is 11.0 Å². The SMILES string of the molecule is Cc1cc(O)c2c(C)c(CC(=O)Nc3cccnc3)c(=O)oc2c1. The zero-order chi connectivity index (χ0) is 17.3. The first-order valence-electron chi connectivity index (χ1n) is 7.41. The molecule has 2 aromatic heterocycles. The van der Waals surface area contributed by atoms with Gasteiger partial charge in [0, 0.05) is 6.20 Å². The Morgan fingerprint density at radius 3 is 2.83 bits per heavy atom. The van der Waals surface area contributed by atoms with Crippen molar-refractivity contribution in [1.29, 1.82) is 0 Å². The van der Waals surface area contributed by atoms with E-state index < -0.39 is 5.63 Å². The molecule has 0 radical (unpaired) electrons. The van der Waals surface area contributed by atoms with Crippen molar-refractivity contribution in [2.24, 2.45) is 0 Å². The van der Waals surface area contributed by atoms with Gasteiger partial charge in [0.25, 0.3) is 0 Å². The molecule has 6 nitrogen and oxygen atoms in total. The van der Waals surface area contributed by atoms with Crippen molar-refractivity contribution >= 4 is 22.6 Å². The Labute approximate surface area is 137 Å². The first-order valence-corrected chi connectivity index (χ1v) is 7.41. The number of hydrogen-bond acceptors (Lipinski definition) is 5. The van der Waals surface area contributed by atoms with E-state index in [9.17, 15) is 14.7 Å². The standard InChI is InChI=1S/C18H16N2O4/c1-10-6-14(21)17-11(2)13(18(23)24-15(17)7-10)8-16(22)20-12-4-3-5-19-9-12/h3-7,9,21H,8H2,1-2H3,(H,20,22). The third kappa shape index (κ3) is 2.99. The minimum absolute atomic E-state index is 0.0279. The molecule has 0 aliphatic heterocycles. The van der Waals surface area contributed by atoms with Crippen molar-refractivity contribution in [3.8, 4) is 5.75 Å². The smallest absolute Gasteiger partial charge is 0.340 e. The Kier molecular flexibility index (Phi) is 4.04. The fourth-order valence-corrected chi connectivity index (χ4v) is 2.66. The van der Waals surface area contributed by atoms with Gasteiger partial charge in [-0.15, -0.1) is 0 Å². The van der Waals surface area contributed by atoms with Gasteiger partial charge in [0.1, 0.15) is 11.3 Å². The van der Waals surface area contributed by atoms with E-state index in [1.807, 2.05) is 0 Å². The molecule has 0 unspecified atom stereocenters. The molecule has 0 fully saturated rings. The summed E-state index contributed by atoms with van der Waals surface area (Å²) in [4.78, 5) is 28.3. The number of fused-ring (bicyclic) bond motifs is 1. The van der Waals surface area contributed by atoms with Gasteiger partial charge in [-0.05, 0) is 49.2 Å². The second kappa shape index (κ2) is 6.16. The number of nitrogens with one attached hydrogen (secondary N) is 1. The van der Waals surface area contributed by atoms with Gasteiger partial charge in [-0.3, -0.25) is 9.78 Å². The van der Waals surface area contributed by atoms with Gasteiger partial charge in [0.15, 0.2) is 0 Å². The largest absolute Gasteiger partial charge is 0.507 e. The van der Waals surface area contributed by atoms with Crippen LogP contribution < -0.4 is 10.9 Å². The minimum atomic E-state index is -0.577. The summed E-state index contributed by atoms with van der Waals surface area (Å²) in [6, 6.07) is 6.68. The monoisotopic (exact) mass is 324 g/mol. The average Bonchev–Trinajstić information content (AvgIpc) is 2.51. The second-order valence-corrected chi connectivity index (χ2v) is 5.62. The second-order valence-electron chi connectivity index (χ2n) is 5.62. The first kappa shape index (κ1) is 15.7. The van der Waals surface area contributed by atoms with Crippen LogP contribution in [0.3, 0.4) is 0 Å². The van der Waals surface area contributed by atoms with Crippen molar-refractivity contribution in [3.63, 3.8) is 0 Å². The Bertz CT molecular complexity index is 978. The summed E-state index contributed by atoms with van der Waals surface area (Å²) in [5.74, 6) is -0.329. The van der Waals surface area contributed by atoms with Crippen LogP contribution in [0.15, 0.2) is 45.9 Å². The van der Waals surface area contributed by atoms with Crippen molar-refractivity contribution in [2.45, 2.75) is 20.3 Å². The number of amides is 1. The average molecular weight is 324 g/mol. The summed E-state index contributed by atoms with van der Waals surface area (Å²) in [5, 5.41) is 13.3. The fraction of sp³-hybridized carbons (Fsp3) is 0.167. The number of nitrogens with zero attached hydrogens (tertiary/aromatic N) is 1. The highest BCUT2D eigenvalue weighted by Crippen LogP contribution is 2.29. The summed E-state index contributed by atoms with van der Waals surface area (Å²) in [6.07, 6.45) is 2.97. The molecule has 1 amide bonds. The molecule has 0 saturated heterocycles. The van der Waals surface area contributed by atoms with Crippen LogP contribution in [0.4, 0.5) is 5.69 Å². The van der Waals surface area contributed by atoms with E-state index in [1.54, 1.807) is 44.3 Å². The molecule has 122 valence electrons. The molecular weight excluding hydrogens is 308 g/mol. The van der Waals surface area contributed by atoms with E-state index in [1.165, 1.54) is 6.20 Å². The predicted octanol–water partition coefficient (Wildman–Crippen LogP) is 2.69. The number of anilines is 1. The van der Waals surface area contributed by atoms with Gasteiger partial charge in [0.05, 0.1) is 29.3 Å². The highest BCUT2D eigenvalue weighted by molar-refractivity contribution is 5.94. The number of phenols is 1. The van der Waals surface area contributed by atoms with Gasteiger partial charge < -0.3 is 14.8 Å². The number of carbonyl (C=O) groups excluding carboxylic acids is 1. The Hall–Kier alpha value is -3.15. The summed E-state index contributed by atoms with van der Waals surface area (Å²) in [7, 11) is 0. The molecule has 2 N–H and O–H groups in total. The third-order valence-corrected chi connectivity index (χ3v) is 3.79. The topological polar surface area (TPSA) is 92.4 Å². The molecule has 0 atom stereocenters. The quantitative estimate of drug-likeness (QED) is 0.723. The summed E-state index contributed by atoms with van der Waals surface area (Å²) in [5.41, 5.74) is 1.83. The molecule has 1 aromatic carbocycles. The summed E-state index contributed by atoms with van der Waals surface area (Å²) < 4.78 is 5.28. The van der Waals surface area contributed by atoms with Crippen LogP contribution >= 0.6 is 0 Å². The molecular formula is C18H16N2O4. The van der Waals surface area contributed by atoms with E-state index in [2.05, 4.69) is 10.3 Å². The summed E-state index contributed by atoms with van der Waals surface area (Å²) >= 11 is 0. The maximum atomic E-state index is 12.2. The van der Waals surface area contributed by atoms with E-state index in [0.29, 0.717) is 22.2 Å². The van der Waals surface area contributed by atoms with Crippen LogP contribution in [0.2, 0.25) is 0 Å². The fourth-order valence-electron chi connectivity index (χ4n) is 2.66. The molecule has 0 bridgehead atoms.